The van der Waals surface area contributed by atoms with Crippen LogP contribution in [0.15, 0.2) is 24.7 Å². The minimum atomic E-state index is 0.843. The number of imidazole rings is 1. The number of rotatable bonds is 5. The highest BCUT2D eigenvalue weighted by Crippen LogP contribution is 2.17. The molecular weight excluding hydrogens is 234 g/mol. The van der Waals surface area contributed by atoms with Crippen LogP contribution in [0.2, 0.25) is 0 Å². The average molecular weight is 257 g/mol. The smallest absolute Gasteiger partial charge is 0.0953 e. The summed E-state index contributed by atoms with van der Waals surface area (Å²) in [5, 5.41) is 3.30. The highest BCUT2D eigenvalue weighted by atomic mass is 15.0. The van der Waals surface area contributed by atoms with E-state index >= 15 is 0 Å². The van der Waals surface area contributed by atoms with Gasteiger partial charge in [0, 0.05) is 19.3 Å². The summed E-state index contributed by atoms with van der Waals surface area (Å²) in [7, 11) is 0. The van der Waals surface area contributed by atoms with E-state index in [9.17, 15) is 0 Å². The first-order valence-electron chi connectivity index (χ1n) is 6.88. The minimum absolute atomic E-state index is 0.843. The first kappa shape index (κ1) is 13.8. The van der Waals surface area contributed by atoms with Gasteiger partial charge in [-0.2, -0.15) is 0 Å². The van der Waals surface area contributed by atoms with E-state index in [1.54, 1.807) is 0 Å². The van der Waals surface area contributed by atoms with Crippen molar-refractivity contribution < 1.29 is 0 Å². The fourth-order valence-corrected chi connectivity index (χ4v) is 2.48. The molecular formula is C16H23N3. The van der Waals surface area contributed by atoms with Gasteiger partial charge >= 0.3 is 0 Å². The van der Waals surface area contributed by atoms with Gasteiger partial charge in [0.1, 0.15) is 0 Å². The maximum Gasteiger partial charge on any atom is 0.0953 e. The first-order chi connectivity index (χ1) is 9.10. The van der Waals surface area contributed by atoms with Crippen molar-refractivity contribution in [3.05, 3.63) is 52.6 Å². The number of hydrogen-bond donors (Lipinski definition) is 1. The Morgan fingerprint density at radius 2 is 1.84 bits per heavy atom. The van der Waals surface area contributed by atoms with Crippen LogP contribution in [0, 0.1) is 20.8 Å². The zero-order chi connectivity index (χ0) is 13.8. The van der Waals surface area contributed by atoms with Gasteiger partial charge < -0.3 is 9.88 Å². The van der Waals surface area contributed by atoms with E-state index in [-0.39, 0.29) is 0 Å². The predicted molar refractivity (Wildman–Crippen MR) is 79.4 cm³/mol. The molecule has 0 aliphatic carbocycles. The monoisotopic (exact) mass is 257 g/mol. The fraction of sp³-hybridized carbons (Fsp3) is 0.438. The van der Waals surface area contributed by atoms with Crippen molar-refractivity contribution in [2.75, 3.05) is 6.54 Å². The van der Waals surface area contributed by atoms with Crippen molar-refractivity contribution in [3.63, 3.8) is 0 Å². The Morgan fingerprint density at radius 1 is 1.16 bits per heavy atom. The molecule has 1 aromatic heterocycles. The predicted octanol–water partition coefficient (Wildman–Crippen LogP) is 2.97. The van der Waals surface area contributed by atoms with Crippen LogP contribution in [-0.4, -0.2) is 16.1 Å². The van der Waals surface area contributed by atoms with Crippen molar-refractivity contribution in [2.45, 2.75) is 40.8 Å². The van der Waals surface area contributed by atoms with Gasteiger partial charge in [-0.3, -0.25) is 0 Å². The van der Waals surface area contributed by atoms with E-state index < -0.39 is 0 Å². The number of aromatic nitrogens is 2. The quantitative estimate of drug-likeness (QED) is 0.892. The molecule has 2 rings (SSSR count). The lowest BCUT2D eigenvalue weighted by atomic mass is 10.00. The topological polar surface area (TPSA) is 29.9 Å². The van der Waals surface area contributed by atoms with E-state index in [0.29, 0.717) is 0 Å². The number of nitrogens with zero attached hydrogens (tertiary/aromatic N) is 2. The van der Waals surface area contributed by atoms with Crippen LogP contribution in [0.1, 0.15) is 34.9 Å². The minimum Gasteiger partial charge on any atom is -0.333 e. The molecule has 2 aromatic rings. The van der Waals surface area contributed by atoms with E-state index in [0.717, 1.165) is 25.3 Å². The lowest BCUT2D eigenvalue weighted by Gasteiger charge is -2.11. The zero-order valence-electron chi connectivity index (χ0n) is 12.3. The molecule has 0 saturated heterocycles. The molecule has 0 amide bonds. The lowest BCUT2D eigenvalue weighted by Crippen LogP contribution is -2.11. The van der Waals surface area contributed by atoms with E-state index in [4.69, 9.17) is 0 Å². The molecule has 0 aliphatic heterocycles. The summed E-state index contributed by atoms with van der Waals surface area (Å²) in [5.41, 5.74) is 6.55. The van der Waals surface area contributed by atoms with Crippen LogP contribution in [0.5, 0.6) is 0 Å². The zero-order valence-corrected chi connectivity index (χ0v) is 12.3. The van der Waals surface area contributed by atoms with Crippen molar-refractivity contribution in [3.8, 4) is 0 Å². The molecule has 0 spiro atoms. The number of benzene rings is 1. The third-order valence-electron chi connectivity index (χ3n) is 3.42. The van der Waals surface area contributed by atoms with Gasteiger partial charge in [-0.25, -0.2) is 4.98 Å². The third-order valence-corrected chi connectivity index (χ3v) is 3.42. The van der Waals surface area contributed by atoms with Gasteiger partial charge in [0.25, 0.3) is 0 Å². The molecule has 1 aromatic carbocycles. The van der Waals surface area contributed by atoms with Gasteiger partial charge in [-0.05, 0) is 44.0 Å². The highest BCUT2D eigenvalue weighted by molar-refractivity contribution is 5.37. The van der Waals surface area contributed by atoms with Crippen LogP contribution >= 0.6 is 0 Å². The Bertz CT molecular complexity index is 532. The molecule has 1 heterocycles. The van der Waals surface area contributed by atoms with Crippen molar-refractivity contribution in [1.82, 2.24) is 14.9 Å². The molecule has 0 atom stereocenters. The Balaban J connectivity index is 2.15. The summed E-state index contributed by atoms with van der Waals surface area (Å²) in [6.07, 6.45) is 4.05. The molecule has 0 fully saturated rings. The summed E-state index contributed by atoms with van der Waals surface area (Å²) >= 11 is 0. The normalized spacial score (nSPS) is 10.9. The second-order valence-electron chi connectivity index (χ2n) is 5.19. The van der Waals surface area contributed by atoms with Gasteiger partial charge in [-0.15, -0.1) is 0 Å². The Hall–Kier alpha value is -1.61. The fourth-order valence-electron chi connectivity index (χ4n) is 2.48. The lowest BCUT2D eigenvalue weighted by molar-refractivity contribution is 0.711. The van der Waals surface area contributed by atoms with Gasteiger partial charge in [0.2, 0.25) is 0 Å². The van der Waals surface area contributed by atoms with E-state index in [1.807, 2.05) is 6.33 Å². The van der Waals surface area contributed by atoms with Crippen molar-refractivity contribution in [2.24, 2.45) is 0 Å². The molecule has 102 valence electrons. The van der Waals surface area contributed by atoms with Gasteiger partial charge in [-0.1, -0.05) is 24.6 Å². The summed E-state index contributed by atoms with van der Waals surface area (Å²) in [4.78, 5) is 4.43. The highest BCUT2D eigenvalue weighted by Gasteiger charge is 2.05. The maximum absolute atomic E-state index is 4.43. The largest absolute Gasteiger partial charge is 0.333 e. The van der Waals surface area contributed by atoms with Crippen LogP contribution in [0.3, 0.4) is 0 Å². The van der Waals surface area contributed by atoms with Gasteiger partial charge in [0.05, 0.1) is 12.0 Å². The summed E-state index contributed by atoms with van der Waals surface area (Å²) in [5.74, 6) is 0. The summed E-state index contributed by atoms with van der Waals surface area (Å²) in [6, 6.07) is 4.50. The standard InChI is InChI=1S/C16H23N3/c1-5-17-8-15-9-19(11-18-15)10-16-13(3)6-12(2)7-14(16)4/h6-7,9,11,17H,5,8,10H2,1-4H3. The number of aryl methyl sites for hydroxylation is 3. The summed E-state index contributed by atoms with van der Waals surface area (Å²) < 4.78 is 2.16. The first-order valence-corrected chi connectivity index (χ1v) is 6.88. The van der Waals surface area contributed by atoms with Crippen LogP contribution in [0.4, 0.5) is 0 Å². The van der Waals surface area contributed by atoms with Crippen LogP contribution < -0.4 is 5.32 Å². The molecule has 3 heteroatoms. The summed E-state index contributed by atoms with van der Waals surface area (Å²) in [6.45, 7) is 11.3. The molecule has 0 aliphatic rings. The molecule has 1 N–H and O–H groups in total. The van der Waals surface area contributed by atoms with Crippen molar-refractivity contribution >= 4 is 0 Å². The second kappa shape index (κ2) is 6.02. The van der Waals surface area contributed by atoms with Crippen molar-refractivity contribution in [1.29, 1.82) is 0 Å². The number of nitrogens with one attached hydrogen (secondary N) is 1. The second-order valence-corrected chi connectivity index (χ2v) is 5.19. The molecule has 0 saturated carbocycles. The van der Waals surface area contributed by atoms with Crippen LogP contribution in [-0.2, 0) is 13.1 Å². The molecule has 0 unspecified atom stereocenters. The Kier molecular flexibility index (Phi) is 4.38. The average Bonchev–Trinajstić information content (AvgIpc) is 2.79. The third kappa shape index (κ3) is 3.44. The molecule has 0 bridgehead atoms. The molecule has 19 heavy (non-hydrogen) atoms. The van der Waals surface area contributed by atoms with Gasteiger partial charge in [0.15, 0.2) is 0 Å². The Labute approximate surface area is 115 Å². The van der Waals surface area contributed by atoms with E-state index in [1.165, 1.54) is 22.3 Å². The van der Waals surface area contributed by atoms with E-state index in [2.05, 4.69) is 60.9 Å². The molecule has 0 radical (unpaired) electrons. The maximum atomic E-state index is 4.43. The SMILES string of the molecule is CCNCc1cn(Cc2c(C)cc(C)cc2C)cn1. The molecule has 3 nitrogen and oxygen atoms in total. The number of hydrogen-bond acceptors (Lipinski definition) is 2. The van der Waals surface area contributed by atoms with Crippen LogP contribution in [0.25, 0.3) is 0 Å². The Morgan fingerprint density at radius 3 is 2.47 bits per heavy atom.